The van der Waals surface area contributed by atoms with Crippen molar-refractivity contribution >= 4 is 11.8 Å². The highest BCUT2D eigenvalue weighted by Crippen LogP contribution is 2.28. The highest BCUT2D eigenvalue weighted by molar-refractivity contribution is 7.99. The van der Waals surface area contributed by atoms with E-state index >= 15 is 0 Å². The van der Waals surface area contributed by atoms with E-state index in [1.54, 1.807) is 0 Å². The molecule has 0 spiro atoms. The van der Waals surface area contributed by atoms with E-state index in [9.17, 15) is 0 Å². The monoisotopic (exact) mass is 244 g/mol. The van der Waals surface area contributed by atoms with Crippen LogP contribution in [0.3, 0.4) is 0 Å². The van der Waals surface area contributed by atoms with Gasteiger partial charge < -0.3 is 10.5 Å². The summed E-state index contributed by atoms with van der Waals surface area (Å²) in [6.45, 7) is 2.88. The van der Waals surface area contributed by atoms with Crippen molar-refractivity contribution in [2.75, 3.05) is 25.1 Å². The minimum absolute atomic E-state index is 0.357. The van der Waals surface area contributed by atoms with Crippen LogP contribution < -0.4 is 5.73 Å². The van der Waals surface area contributed by atoms with Gasteiger partial charge in [0, 0.05) is 24.4 Å². The van der Waals surface area contributed by atoms with E-state index in [1.807, 2.05) is 0 Å². The zero-order chi connectivity index (χ0) is 11.5. The summed E-state index contributed by atoms with van der Waals surface area (Å²) < 4.78 is 5.97. The van der Waals surface area contributed by atoms with E-state index < -0.39 is 0 Å². The normalized spacial score (nSPS) is 37.1. The molecule has 2 heterocycles. The molecule has 4 atom stereocenters. The molecule has 2 fully saturated rings. The van der Waals surface area contributed by atoms with Crippen LogP contribution in [0.25, 0.3) is 0 Å². The van der Waals surface area contributed by atoms with E-state index in [0.717, 1.165) is 6.54 Å². The van der Waals surface area contributed by atoms with Crippen molar-refractivity contribution in [3.8, 4) is 0 Å². The third-order valence-corrected chi connectivity index (χ3v) is 5.09. The molecular formula is C12H24N2OS. The topological polar surface area (TPSA) is 38.5 Å². The number of nitrogens with two attached hydrogens (primary N) is 1. The first-order valence-electron chi connectivity index (χ1n) is 6.37. The zero-order valence-electron chi connectivity index (χ0n) is 10.4. The SMILES string of the molecule is CC1CCC(C(CN)N(C)C2CCSC2)O1. The van der Waals surface area contributed by atoms with Crippen molar-refractivity contribution in [1.29, 1.82) is 0 Å². The van der Waals surface area contributed by atoms with Gasteiger partial charge in [0.2, 0.25) is 0 Å². The van der Waals surface area contributed by atoms with Gasteiger partial charge in [-0.15, -0.1) is 0 Å². The summed E-state index contributed by atoms with van der Waals surface area (Å²) in [5, 5.41) is 0. The first kappa shape index (κ1) is 12.7. The summed E-state index contributed by atoms with van der Waals surface area (Å²) in [5.74, 6) is 2.56. The van der Waals surface area contributed by atoms with Gasteiger partial charge in [-0.05, 0) is 39.0 Å². The van der Waals surface area contributed by atoms with Crippen molar-refractivity contribution in [2.24, 2.45) is 5.73 Å². The predicted octanol–water partition coefficient (Wildman–Crippen LogP) is 1.32. The molecular weight excluding hydrogens is 220 g/mol. The fourth-order valence-electron chi connectivity index (χ4n) is 2.81. The minimum Gasteiger partial charge on any atom is -0.374 e. The van der Waals surface area contributed by atoms with Crippen LogP contribution in [0.15, 0.2) is 0 Å². The molecule has 2 saturated heterocycles. The van der Waals surface area contributed by atoms with Gasteiger partial charge in [0.1, 0.15) is 0 Å². The van der Waals surface area contributed by atoms with Gasteiger partial charge in [-0.25, -0.2) is 0 Å². The molecule has 0 aliphatic carbocycles. The fraction of sp³-hybridized carbons (Fsp3) is 1.00. The van der Waals surface area contributed by atoms with Crippen molar-refractivity contribution in [3.05, 3.63) is 0 Å². The van der Waals surface area contributed by atoms with Crippen molar-refractivity contribution < 1.29 is 4.74 Å². The van der Waals surface area contributed by atoms with Crippen LogP contribution in [0.2, 0.25) is 0 Å². The summed E-state index contributed by atoms with van der Waals surface area (Å²) in [7, 11) is 2.22. The summed E-state index contributed by atoms with van der Waals surface area (Å²) in [6, 6.07) is 1.12. The molecule has 2 rings (SSSR count). The quantitative estimate of drug-likeness (QED) is 0.809. The van der Waals surface area contributed by atoms with Crippen molar-refractivity contribution in [2.45, 2.75) is 50.5 Å². The Morgan fingerprint density at radius 1 is 1.44 bits per heavy atom. The number of likely N-dealkylation sites (N-methyl/N-ethyl adjacent to an activating group) is 1. The molecule has 0 aromatic heterocycles. The molecule has 0 bridgehead atoms. The molecule has 16 heavy (non-hydrogen) atoms. The first-order chi connectivity index (χ1) is 7.72. The second-order valence-corrected chi connectivity index (χ2v) is 6.20. The highest BCUT2D eigenvalue weighted by atomic mass is 32.2. The van der Waals surface area contributed by atoms with Gasteiger partial charge in [0.05, 0.1) is 12.2 Å². The number of ether oxygens (including phenoxy) is 1. The molecule has 4 unspecified atom stereocenters. The molecule has 4 heteroatoms. The highest BCUT2D eigenvalue weighted by Gasteiger charge is 2.34. The van der Waals surface area contributed by atoms with Gasteiger partial charge >= 0.3 is 0 Å². The van der Waals surface area contributed by atoms with E-state index in [4.69, 9.17) is 10.5 Å². The minimum atomic E-state index is 0.357. The molecule has 94 valence electrons. The Labute approximate surface area is 103 Å². The lowest BCUT2D eigenvalue weighted by Gasteiger charge is -2.35. The van der Waals surface area contributed by atoms with E-state index in [2.05, 4.69) is 30.6 Å². The Morgan fingerprint density at radius 2 is 2.25 bits per heavy atom. The number of hydrogen-bond acceptors (Lipinski definition) is 4. The van der Waals surface area contributed by atoms with Crippen LogP contribution in [0.1, 0.15) is 26.2 Å². The number of thioether (sulfide) groups is 1. The van der Waals surface area contributed by atoms with E-state index in [0.29, 0.717) is 24.3 Å². The smallest absolute Gasteiger partial charge is 0.0747 e. The lowest BCUT2D eigenvalue weighted by Crippen LogP contribution is -2.50. The second-order valence-electron chi connectivity index (χ2n) is 5.05. The maximum atomic E-state index is 5.97. The maximum absolute atomic E-state index is 5.97. The molecule has 0 radical (unpaired) electrons. The molecule has 3 nitrogen and oxygen atoms in total. The van der Waals surface area contributed by atoms with Gasteiger partial charge in [-0.1, -0.05) is 0 Å². The van der Waals surface area contributed by atoms with Gasteiger partial charge in [-0.2, -0.15) is 11.8 Å². The van der Waals surface area contributed by atoms with Crippen LogP contribution in [-0.2, 0) is 4.74 Å². The maximum Gasteiger partial charge on any atom is 0.0747 e. The van der Waals surface area contributed by atoms with E-state index in [-0.39, 0.29) is 0 Å². The summed E-state index contributed by atoms with van der Waals surface area (Å²) in [6.07, 6.45) is 4.45. The first-order valence-corrected chi connectivity index (χ1v) is 7.53. The van der Waals surface area contributed by atoms with Crippen LogP contribution in [0.4, 0.5) is 0 Å². The van der Waals surface area contributed by atoms with Gasteiger partial charge in [-0.3, -0.25) is 4.90 Å². The molecule has 0 aromatic rings. The van der Waals surface area contributed by atoms with Gasteiger partial charge in [0.15, 0.2) is 0 Å². The van der Waals surface area contributed by atoms with Crippen LogP contribution >= 0.6 is 11.8 Å². The Balaban J connectivity index is 1.92. The molecule has 2 aliphatic heterocycles. The Bertz CT molecular complexity index is 221. The van der Waals surface area contributed by atoms with Crippen LogP contribution in [0, 0.1) is 0 Å². The Morgan fingerprint density at radius 3 is 2.75 bits per heavy atom. The Kier molecular flexibility index (Phi) is 4.53. The lowest BCUT2D eigenvalue weighted by atomic mass is 10.0. The standard InChI is InChI=1S/C12H24N2OS/c1-9-3-4-12(15-9)11(7-13)14(2)10-5-6-16-8-10/h9-12H,3-8,13H2,1-2H3. The third-order valence-electron chi connectivity index (χ3n) is 3.94. The van der Waals surface area contributed by atoms with E-state index in [1.165, 1.54) is 30.8 Å². The summed E-state index contributed by atoms with van der Waals surface area (Å²) in [4.78, 5) is 2.47. The average molecular weight is 244 g/mol. The van der Waals surface area contributed by atoms with Crippen molar-refractivity contribution in [3.63, 3.8) is 0 Å². The average Bonchev–Trinajstić information content (AvgIpc) is 2.90. The lowest BCUT2D eigenvalue weighted by molar-refractivity contribution is -0.00577. The van der Waals surface area contributed by atoms with Crippen LogP contribution in [0.5, 0.6) is 0 Å². The molecule has 0 aromatic carbocycles. The Hall–Kier alpha value is 0.230. The predicted molar refractivity (Wildman–Crippen MR) is 69.9 cm³/mol. The molecule has 2 N–H and O–H groups in total. The third kappa shape index (κ3) is 2.73. The second kappa shape index (κ2) is 5.71. The van der Waals surface area contributed by atoms with Gasteiger partial charge in [0.25, 0.3) is 0 Å². The largest absolute Gasteiger partial charge is 0.374 e. The molecule has 0 amide bonds. The summed E-state index contributed by atoms with van der Waals surface area (Å²) in [5.41, 5.74) is 5.94. The summed E-state index contributed by atoms with van der Waals surface area (Å²) >= 11 is 2.06. The fourth-order valence-corrected chi connectivity index (χ4v) is 4.09. The van der Waals surface area contributed by atoms with Crippen molar-refractivity contribution in [1.82, 2.24) is 4.90 Å². The number of hydrogen-bond donors (Lipinski definition) is 1. The number of nitrogens with zero attached hydrogens (tertiary/aromatic N) is 1. The molecule has 2 aliphatic rings. The zero-order valence-corrected chi connectivity index (χ0v) is 11.2. The van der Waals surface area contributed by atoms with Crippen LogP contribution in [-0.4, -0.2) is 54.3 Å². The number of rotatable bonds is 4. The molecule has 0 saturated carbocycles.